The highest BCUT2D eigenvalue weighted by molar-refractivity contribution is 7.22. The van der Waals surface area contributed by atoms with Crippen molar-refractivity contribution in [2.45, 2.75) is 26.8 Å². The lowest BCUT2D eigenvalue weighted by Gasteiger charge is -2.27. The van der Waals surface area contributed by atoms with Crippen molar-refractivity contribution in [3.05, 3.63) is 36.2 Å². The van der Waals surface area contributed by atoms with Gasteiger partial charge in [0, 0.05) is 38.9 Å². The number of aromatic nitrogens is 3. The third kappa shape index (κ3) is 5.58. The molecule has 174 valence electrons. The molecule has 0 radical (unpaired) electrons. The zero-order valence-corrected chi connectivity index (χ0v) is 20.2. The molecule has 0 unspecified atom stereocenters. The topological polar surface area (TPSA) is 72.7 Å². The second-order valence-electron chi connectivity index (χ2n) is 7.35. The Morgan fingerprint density at radius 2 is 2.06 bits per heavy atom. The number of hydrogen-bond acceptors (Lipinski definition) is 7. The van der Waals surface area contributed by atoms with Crippen LogP contribution in [0.1, 0.15) is 30.8 Å². The molecule has 0 N–H and O–H groups in total. The normalized spacial score (nSPS) is 14.3. The van der Waals surface area contributed by atoms with Crippen LogP contribution < -0.4 is 9.64 Å². The maximum absolute atomic E-state index is 13.4. The summed E-state index contributed by atoms with van der Waals surface area (Å²) in [5.74, 6) is 0.629. The van der Waals surface area contributed by atoms with Crippen molar-refractivity contribution in [1.82, 2.24) is 19.7 Å². The number of amides is 1. The molecule has 2 aromatic heterocycles. The van der Waals surface area contributed by atoms with Gasteiger partial charge in [0.2, 0.25) is 0 Å². The number of carbonyl (C=O) groups is 1. The Morgan fingerprint density at radius 3 is 2.78 bits per heavy atom. The van der Waals surface area contributed by atoms with Crippen molar-refractivity contribution in [2.75, 3.05) is 50.9 Å². The Morgan fingerprint density at radius 1 is 1.25 bits per heavy atom. The molecule has 32 heavy (non-hydrogen) atoms. The minimum Gasteiger partial charge on any atom is -0.492 e. The third-order valence-electron chi connectivity index (χ3n) is 5.29. The molecule has 0 spiro atoms. The Bertz CT molecular complexity index is 1020. The summed E-state index contributed by atoms with van der Waals surface area (Å²) in [5, 5.41) is 5.11. The van der Waals surface area contributed by atoms with Gasteiger partial charge in [-0.2, -0.15) is 5.10 Å². The van der Waals surface area contributed by atoms with E-state index in [1.54, 1.807) is 15.6 Å². The number of morpholine rings is 1. The minimum atomic E-state index is -0.119. The van der Waals surface area contributed by atoms with Crippen LogP contribution in [0.15, 0.2) is 30.5 Å². The predicted octanol–water partition coefficient (Wildman–Crippen LogP) is 3.70. The molecule has 1 fully saturated rings. The van der Waals surface area contributed by atoms with Crippen molar-refractivity contribution >= 4 is 45.0 Å². The number of aryl methyl sites for hydroxylation is 1. The van der Waals surface area contributed by atoms with Gasteiger partial charge in [0.1, 0.15) is 11.3 Å². The number of carbonyl (C=O) groups excluding carboxylic acids is 1. The standard InChI is InChI=1S/C22H29N5O3S.ClH/c1-3-26-12-9-17(24-26)21(28)27(11-6-10-25-13-15-29-16-14-25)22-23-20-18(30-4-2)7-5-8-19(20)31-22;/h5,7-9,12H,3-4,6,10-11,13-16H2,1-2H3;1H. The highest BCUT2D eigenvalue weighted by atomic mass is 35.5. The van der Waals surface area contributed by atoms with E-state index in [1.165, 1.54) is 11.3 Å². The SMILES string of the molecule is CCOc1cccc2sc(N(CCCN3CCOCC3)C(=O)c3ccn(CC)n3)nc12.Cl. The molecule has 0 aliphatic carbocycles. The molecule has 0 bridgehead atoms. The minimum absolute atomic E-state index is 0. The molecule has 3 aromatic rings. The largest absolute Gasteiger partial charge is 0.492 e. The van der Waals surface area contributed by atoms with Crippen LogP contribution in [0.25, 0.3) is 10.2 Å². The maximum Gasteiger partial charge on any atom is 0.280 e. The number of para-hydroxylation sites is 1. The fourth-order valence-electron chi connectivity index (χ4n) is 3.65. The van der Waals surface area contributed by atoms with Crippen molar-refractivity contribution in [1.29, 1.82) is 0 Å². The van der Waals surface area contributed by atoms with Gasteiger partial charge in [-0.3, -0.25) is 19.3 Å². The average molecular weight is 480 g/mol. The van der Waals surface area contributed by atoms with Crippen LogP contribution in [0.5, 0.6) is 5.75 Å². The molecule has 8 nitrogen and oxygen atoms in total. The molecule has 10 heteroatoms. The second-order valence-corrected chi connectivity index (χ2v) is 8.36. The molecule has 4 rings (SSSR count). The van der Waals surface area contributed by atoms with Gasteiger partial charge in [0.05, 0.1) is 24.5 Å². The monoisotopic (exact) mass is 479 g/mol. The quantitative estimate of drug-likeness (QED) is 0.466. The van der Waals surface area contributed by atoms with Crippen LogP contribution >= 0.6 is 23.7 Å². The molecule has 0 saturated carbocycles. The van der Waals surface area contributed by atoms with E-state index in [4.69, 9.17) is 14.5 Å². The predicted molar refractivity (Wildman–Crippen MR) is 129 cm³/mol. The number of hydrogen-bond donors (Lipinski definition) is 0. The summed E-state index contributed by atoms with van der Waals surface area (Å²) in [4.78, 5) is 22.3. The van der Waals surface area contributed by atoms with Crippen LogP contribution in [0.2, 0.25) is 0 Å². The first kappa shape index (κ1) is 24.4. The van der Waals surface area contributed by atoms with Crippen LogP contribution in [-0.2, 0) is 11.3 Å². The fraction of sp³-hybridized carbons (Fsp3) is 0.500. The van der Waals surface area contributed by atoms with E-state index < -0.39 is 0 Å². The third-order valence-corrected chi connectivity index (χ3v) is 6.33. The van der Waals surface area contributed by atoms with Crippen molar-refractivity contribution in [2.24, 2.45) is 0 Å². The Kier molecular flexibility index (Phi) is 8.86. The summed E-state index contributed by atoms with van der Waals surface area (Å²) < 4.78 is 13.9. The lowest BCUT2D eigenvalue weighted by atomic mass is 10.3. The molecular weight excluding hydrogens is 450 g/mol. The number of fused-ring (bicyclic) bond motifs is 1. The summed E-state index contributed by atoms with van der Waals surface area (Å²) >= 11 is 1.51. The second kappa shape index (κ2) is 11.6. The van der Waals surface area contributed by atoms with Gasteiger partial charge in [-0.25, -0.2) is 4.98 Å². The summed E-state index contributed by atoms with van der Waals surface area (Å²) in [6.45, 7) is 10.2. The highest BCUT2D eigenvalue weighted by Crippen LogP contribution is 2.34. The van der Waals surface area contributed by atoms with Gasteiger partial charge in [0.15, 0.2) is 10.8 Å². The summed E-state index contributed by atoms with van der Waals surface area (Å²) in [6.07, 6.45) is 2.69. The Labute approximate surface area is 198 Å². The Balaban J connectivity index is 0.00000289. The lowest BCUT2D eigenvalue weighted by molar-refractivity contribution is 0.0376. The molecular formula is C22H30ClN5O3S. The fourth-order valence-corrected chi connectivity index (χ4v) is 4.66. The van der Waals surface area contributed by atoms with Gasteiger partial charge in [-0.1, -0.05) is 17.4 Å². The van der Waals surface area contributed by atoms with Crippen LogP contribution in [0.4, 0.5) is 5.13 Å². The molecule has 1 amide bonds. The van der Waals surface area contributed by atoms with E-state index in [-0.39, 0.29) is 18.3 Å². The van der Waals surface area contributed by atoms with E-state index in [1.807, 2.05) is 38.2 Å². The van der Waals surface area contributed by atoms with Gasteiger partial charge >= 0.3 is 0 Å². The van der Waals surface area contributed by atoms with Crippen LogP contribution in [0.3, 0.4) is 0 Å². The Hall–Kier alpha value is -2.20. The van der Waals surface area contributed by atoms with E-state index in [2.05, 4.69) is 10.00 Å². The van der Waals surface area contributed by atoms with Crippen molar-refractivity contribution in [3.63, 3.8) is 0 Å². The molecule has 1 aliphatic rings. The number of nitrogens with zero attached hydrogens (tertiary/aromatic N) is 5. The van der Waals surface area contributed by atoms with Gasteiger partial charge in [-0.05, 0) is 38.5 Å². The summed E-state index contributed by atoms with van der Waals surface area (Å²) in [5.41, 5.74) is 1.24. The smallest absolute Gasteiger partial charge is 0.280 e. The molecule has 3 heterocycles. The number of ether oxygens (including phenoxy) is 2. The van der Waals surface area contributed by atoms with Gasteiger partial charge < -0.3 is 9.47 Å². The van der Waals surface area contributed by atoms with E-state index in [9.17, 15) is 4.79 Å². The van der Waals surface area contributed by atoms with E-state index >= 15 is 0 Å². The molecule has 0 atom stereocenters. The van der Waals surface area contributed by atoms with Gasteiger partial charge in [-0.15, -0.1) is 12.4 Å². The van der Waals surface area contributed by atoms with E-state index in [0.717, 1.165) is 61.8 Å². The first-order valence-electron chi connectivity index (χ1n) is 10.9. The maximum atomic E-state index is 13.4. The number of anilines is 1. The average Bonchev–Trinajstić information content (AvgIpc) is 3.45. The van der Waals surface area contributed by atoms with Crippen molar-refractivity contribution < 1.29 is 14.3 Å². The van der Waals surface area contributed by atoms with Crippen molar-refractivity contribution in [3.8, 4) is 5.75 Å². The zero-order chi connectivity index (χ0) is 21.6. The molecule has 1 saturated heterocycles. The molecule has 1 aliphatic heterocycles. The number of benzene rings is 1. The summed E-state index contributed by atoms with van der Waals surface area (Å²) in [6, 6.07) is 7.67. The van der Waals surface area contributed by atoms with Crippen LogP contribution in [-0.4, -0.2) is 71.6 Å². The van der Waals surface area contributed by atoms with E-state index in [0.29, 0.717) is 24.0 Å². The molecule has 1 aromatic carbocycles. The van der Waals surface area contributed by atoms with Gasteiger partial charge in [0.25, 0.3) is 5.91 Å². The number of thiazole rings is 1. The zero-order valence-electron chi connectivity index (χ0n) is 18.5. The highest BCUT2D eigenvalue weighted by Gasteiger charge is 2.24. The lowest BCUT2D eigenvalue weighted by Crippen LogP contribution is -2.39. The number of rotatable bonds is 9. The number of halogens is 1. The summed E-state index contributed by atoms with van der Waals surface area (Å²) in [7, 11) is 0. The first-order valence-corrected chi connectivity index (χ1v) is 11.7. The first-order chi connectivity index (χ1) is 15.2. The van der Waals surface area contributed by atoms with Crippen LogP contribution in [0, 0.1) is 0 Å².